The van der Waals surface area contributed by atoms with Crippen molar-refractivity contribution < 1.29 is 23.6 Å². The quantitative estimate of drug-likeness (QED) is 0.251. The number of hydrogen-bond donors (Lipinski definition) is 2. The fourth-order valence-corrected chi connectivity index (χ4v) is 4.69. The van der Waals surface area contributed by atoms with E-state index in [1.165, 1.54) is 0 Å². The molecular formula is C29H30N8O5. The number of pyridine rings is 1. The lowest BCUT2D eigenvalue weighted by atomic mass is 10.2. The maximum Gasteiger partial charge on any atom is 0.255 e. The molecule has 13 heteroatoms. The van der Waals surface area contributed by atoms with Crippen LogP contribution in [0.25, 0.3) is 22.6 Å². The molecule has 3 N–H and O–H groups in total. The van der Waals surface area contributed by atoms with Crippen LogP contribution in [0, 0.1) is 0 Å². The largest absolute Gasteiger partial charge is 0.492 e. The predicted octanol–water partition coefficient (Wildman–Crippen LogP) is 3.84. The number of anilines is 2. The van der Waals surface area contributed by atoms with E-state index in [4.69, 9.17) is 24.6 Å². The van der Waals surface area contributed by atoms with Crippen molar-refractivity contribution in [2.24, 2.45) is 0 Å². The molecule has 0 spiro atoms. The first-order valence-corrected chi connectivity index (χ1v) is 13.6. The minimum atomic E-state index is -0.266. The van der Waals surface area contributed by atoms with Crippen LogP contribution in [0.2, 0.25) is 0 Å². The number of nitrogens with one attached hydrogen (secondary N) is 1. The highest BCUT2D eigenvalue weighted by Crippen LogP contribution is 2.29. The number of benzene rings is 2. The maximum absolute atomic E-state index is 13.0. The Kier molecular flexibility index (Phi) is 7.92. The van der Waals surface area contributed by atoms with Gasteiger partial charge in [-0.25, -0.2) is 14.6 Å². The molecule has 42 heavy (non-hydrogen) atoms. The number of nitrogens with two attached hydrogens (primary N) is 1. The second-order valence-corrected chi connectivity index (χ2v) is 9.60. The van der Waals surface area contributed by atoms with Gasteiger partial charge in [0.1, 0.15) is 23.6 Å². The lowest BCUT2D eigenvalue weighted by Crippen LogP contribution is -2.38. The molecule has 2 aromatic carbocycles. The zero-order valence-corrected chi connectivity index (χ0v) is 23.0. The van der Waals surface area contributed by atoms with Crippen molar-refractivity contribution >= 4 is 28.4 Å². The van der Waals surface area contributed by atoms with Crippen LogP contribution >= 0.6 is 0 Å². The zero-order chi connectivity index (χ0) is 28.9. The number of morpholine rings is 1. The van der Waals surface area contributed by atoms with Gasteiger partial charge in [-0.05, 0) is 59.7 Å². The van der Waals surface area contributed by atoms with Gasteiger partial charge in [0.2, 0.25) is 5.88 Å². The van der Waals surface area contributed by atoms with Gasteiger partial charge in [0.05, 0.1) is 24.9 Å². The van der Waals surface area contributed by atoms with Crippen LogP contribution in [0.3, 0.4) is 0 Å². The van der Waals surface area contributed by atoms with Gasteiger partial charge in [0, 0.05) is 43.5 Å². The van der Waals surface area contributed by atoms with E-state index in [2.05, 4.69) is 30.5 Å². The number of imidazole rings is 1. The van der Waals surface area contributed by atoms with Gasteiger partial charge in [0.25, 0.3) is 5.91 Å². The molecule has 1 amide bonds. The highest BCUT2D eigenvalue weighted by Gasteiger charge is 2.19. The molecule has 0 aliphatic carbocycles. The molecule has 0 saturated carbocycles. The minimum absolute atomic E-state index is 0.156. The highest BCUT2D eigenvalue weighted by molar-refractivity contribution is 6.04. The second kappa shape index (κ2) is 12.2. The number of ether oxygens (including phenoxy) is 3. The molecule has 0 atom stereocenters. The molecule has 0 bridgehead atoms. The summed E-state index contributed by atoms with van der Waals surface area (Å²) in [7, 11) is 0. The normalized spacial score (nSPS) is 13.7. The van der Waals surface area contributed by atoms with Crippen molar-refractivity contribution in [3.8, 4) is 28.9 Å². The van der Waals surface area contributed by atoms with Crippen LogP contribution < -0.4 is 20.5 Å². The van der Waals surface area contributed by atoms with Crippen molar-refractivity contribution in [1.29, 1.82) is 0 Å². The Hall–Kier alpha value is -5.01. The lowest BCUT2D eigenvalue weighted by molar-refractivity contribution is 0.0322. The molecule has 1 aliphatic rings. The summed E-state index contributed by atoms with van der Waals surface area (Å²) in [4.78, 5) is 24.3. The Labute approximate surface area is 241 Å². The fraction of sp³-hybridized carbons (Fsp3) is 0.276. The van der Waals surface area contributed by atoms with Gasteiger partial charge in [-0.2, -0.15) is 0 Å². The van der Waals surface area contributed by atoms with E-state index in [1.54, 1.807) is 36.5 Å². The van der Waals surface area contributed by atoms with Crippen molar-refractivity contribution in [2.45, 2.75) is 13.5 Å². The number of carbonyl (C=O) groups is 1. The Bertz CT molecular complexity index is 1680. The second-order valence-electron chi connectivity index (χ2n) is 9.60. The SMILES string of the molecule is CCn1c(-c2nonc2N)nc2cnc(Oc3cccc(C(=O)Nc4ccc(OCCN5CCOCC5)cc4)c3)cc21. The fourth-order valence-electron chi connectivity index (χ4n) is 4.69. The van der Waals surface area contributed by atoms with Crippen molar-refractivity contribution in [1.82, 2.24) is 29.7 Å². The average Bonchev–Trinajstić information content (AvgIpc) is 3.61. The Morgan fingerprint density at radius 1 is 1.07 bits per heavy atom. The lowest BCUT2D eigenvalue weighted by Gasteiger charge is -2.26. The maximum atomic E-state index is 13.0. The molecule has 3 aromatic heterocycles. The van der Waals surface area contributed by atoms with Gasteiger partial charge in [0.15, 0.2) is 17.3 Å². The van der Waals surface area contributed by atoms with E-state index >= 15 is 0 Å². The van der Waals surface area contributed by atoms with E-state index in [1.807, 2.05) is 35.8 Å². The molecule has 5 aromatic rings. The third kappa shape index (κ3) is 6.01. The molecule has 0 unspecified atom stereocenters. The monoisotopic (exact) mass is 570 g/mol. The van der Waals surface area contributed by atoms with Crippen LogP contribution in [-0.4, -0.2) is 75.1 Å². The van der Waals surface area contributed by atoms with Gasteiger partial charge < -0.3 is 29.8 Å². The summed E-state index contributed by atoms with van der Waals surface area (Å²) in [6.45, 7) is 7.40. The van der Waals surface area contributed by atoms with E-state index in [-0.39, 0.29) is 11.7 Å². The van der Waals surface area contributed by atoms with E-state index in [0.29, 0.717) is 53.1 Å². The first kappa shape index (κ1) is 27.2. The first-order chi connectivity index (χ1) is 20.6. The van der Waals surface area contributed by atoms with Crippen LogP contribution in [-0.2, 0) is 11.3 Å². The summed E-state index contributed by atoms with van der Waals surface area (Å²) in [5, 5.41) is 10.4. The first-order valence-electron chi connectivity index (χ1n) is 13.6. The molecule has 1 saturated heterocycles. The predicted molar refractivity (Wildman–Crippen MR) is 155 cm³/mol. The summed E-state index contributed by atoms with van der Waals surface area (Å²) in [6.07, 6.45) is 1.61. The number of nitrogens with zero attached hydrogens (tertiary/aromatic N) is 6. The smallest absolute Gasteiger partial charge is 0.255 e. The number of fused-ring (bicyclic) bond motifs is 1. The number of amides is 1. The van der Waals surface area contributed by atoms with Crippen molar-refractivity contribution in [3.05, 3.63) is 66.4 Å². The molecule has 13 nitrogen and oxygen atoms in total. The standard InChI is InChI=1S/C29H30N8O5/c1-2-37-24-17-25(31-18-23(24)33-28(37)26-27(30)35-42-34-26)41-22-5-3-4-19(16-22)29(38)32-20-6-8-21(9-7-20)40-15-12-36-10-13-39-14-11-36/h3-9,16-18H,2,10-15H2,1H3,(H2,30,35)(H,32,38). The summed E-state index contributed by atoms with van der Waals surface area (Å²) in [5.41, 5.74) is 8.76. The Balaban J connectivity index is 1.09. The zero-order valence-electron chi connectivity index (χ0n) is 23.0. The number of carbonyl (C=O) groups excluding carboxylic acids is 1. The topological polar surface area (TPSA) is 156 Å². The third-order valence-corrected chi connectivity index (χ3v) is 6.86. The highest BCUT2D eigenvalue weighted by atomic mass is 16.6. The molecule has 0 radical (unpaired) electrons. The Morgan fingerprint density at radius 3 is 2.67 bits per heavy atom. The molecular weight excluding hydrogens is 540 g/mol. The number of nitrogen functional groups attached to an aromatic ring is 1. The average molecular weight is 571 g/mol. The van der Waals surface area contributed by atoms with Gasteiger partial charge in [-0.15, -0.1) is 0 Å². The molecule has 1 aliphatic heterocycles. The third-order valence-electron chi connectivity index (χ3n) is 6.86. The molecule has 216 valence electrons. The Morgan fingerprint density at radius 2 is 1.90 bits per heavy atom. The van der Waals surface area contributed by atoms with Crippen LogP contribution in [0.5, 0.6) is 17.4 Å². The number of hydrogen-bond acceptors (Lipinski definition) is 11. The summed E-state index contributed by atoms with van der Waals surface area (Å²) < 4.78 is 23.9. The van der Waals surface area contributed by atoms with Crippen molar-refractivity contribution in [2.75, 3.05) is 50.5 Å². The van der Waals surface area contributed by atoms with Gasteiger partial charge >= 0.3 is 0 Å². The van der Waals surface area contributed by atoms with Crippen LogP contribution in [0.4, 0.5) is 11.5 Å². The van der Waals surface area contributed by atoms with Gasteiger partial charge in [-0.1, -0.05) is 6.07 Å². The molecule has 1 fully saturated rings. The number of aryl methyl sites for hydroxylation is 1. The number of aromatic nitrogens is 5. The van der Waals surface area contributed by atoms with Crippen LogP contribution in [0.15, 0.2) is 65.4 Å². The minimum Gasteiger partial charge on any atom is -0.492 e. The van der Waals surface area contributed by atoms with Crippen molar-refractivity contribution in [3.63, 3.8) is 0 Å². The van der Waals surface area contributed by atoms with E-state index < -0.39 is 0 Å². The molecule has 4 heterocycles. The van der Waals surface area contributed by atoms with E-state index in [0.717, 1.165) is 44.1 Å². The number of rotatable bonds is 10. The van der Waals surface area contributed by atoms with Crippen LogP contribution in [0.1, 0.15) is 17.3 Å². The van der Waals surface area contributed by atoms with Gasteiger partial charge in [-0.3, -0.25) is 9.69 Å². The molecule has 6 rings (SSSR count). The summed E-state index contributed by atoms with van der Waals surface area (Å²) in [5.74, 6) is 1.97. The summed E-state index contributed by atoms with van der Waals surface area (Å²) in [6, 6.07) is 16.0. The van der Waals surface area contributed by atoms with E-state index in [9.17, 15) is 4.79 Å². The summed E-state index contributed by atoms with van der Waals surface area (Å²) >= 11 is 0.